The molecule has 0 saturated carbocycles. The van der Waals surface area contributed by atoms with Gasteiger partial charge in [-0.2, -0.15) is 0 Å². The molecule has 0 aromatic carbocycles. The van der Waals surface area contributed by atoms with Gasteiger partial charge in [0.25, 0.3) is 0 Å². The SMILES string of the molecule is CC1(C)OB(C2B(c3cc4cccccc-4c3)C(B3OC(C)(C)C(C)(C)O3)B2c2cc3cccccc-3c2)OC1(C)C. The van der Waals surface area contributed by atoms with Crippen LogP contribution in [-0.2, 0) is 18.6 Å². The van der Waals surface area contributed by atoms with Gasteiger partial charge < -0.3 is 18.6 Å². The summed E-state index contributed by atoms with van der Waals surface area (Å²) in [5.74, 6) is 0. The first-order chi connectivity index (χ1) is 19.8. The quantitative estimate of drug-likeness (QED) is 0.285. The van der Waals surface area contributed by atoms with E-state index < -0.39 is 22.4 Å². The van der Waals surface area contributed by atoms with E-state index in [1.807, 2.05) is 0 Å². The number of fused-ring (bicyclic) bond motifs is 2. The van der Waals surface area contributed by atoms with Crippen molar-refractivity contribution in [3.8, 4) is 22.3 Å². The van der Waals surface area contributed by atoms with Crippen molar-refractivity contribution in [2.75, 3.05) is 0 Å². The van der Waals surface area contributed by atoms with Gasteiger partial charge in [0.2, 0.25) is 0 Å². The minimum atomic E-state index is -0.419. The zero-order chi connectivity index (χ0) is 29.7. The molecule has 4 nitrogen and oxygen atoms in total. The minimum absolute atomic E-state index is 0.0891. The molecule has 3 fully saturated rings. The summed E-state index contributed by atoms with van der Waals surface area (Å²) in [5, 5.41) is 0. The third-order valence-corrected chi connectivity index (χ3v) is 11.1. The monoisotopic (exact) mass is 556 g/mol. The molecule has 3 aliphatic heterocycles. The highest BCUT2D eigenvalue weighted by molar-refractivity contribution is 7.22. The maximum absolute atomic E-state index is 6.84. The van der Waals surface area contributed by atoms with Gasteiger partial charge in [-0.1, -0.05) is 95.9 Å². The van der Waals surface area contributed by atoms with Crippen LogP contribution < -0.4 is 10.9 Å². The van der Waals surface area contributed by atoms with Crippen LogP contribution >= 0.6 is 0 Å². The van der Waals surface area contributed by atoms with Crippen molar-refractivity contribution >= 4 is 38.6 Å². The topological polar surface area (TPSA) is 36.9 Å². The van der Waals surface area contributed by atoms with Gasteiger partial charge in [0.1, 0.15) is 0 Å². The van der Waals surface area contributed by atoms with Crippen molar-refractivity contribution in [3.63, 3.8) is 0 Å². The molecule has 0 aromatic heterocycles. The zero-order valence-electron chi connectivity index (χ0n) is 26.2. The molecule has 7 aliphatic rings. The summed E-state index contributed by atoms with van der Waals surface area (Å²) in [4.78, 5) is 0. The summed E-state index contributed by atoms with van der Waals surface area (Å²) in [7, 11) is -0.709. The van der Waals surface area contributed by atoms with E-state index in [1.165, 1.54) is 33.2 Å². The zero-order valence-corrected chi connectivity index (χ0v) is 26.2. The van der Waals surface area contributed by atoms with E-state index in [-0.39, 0.29) is 38.9 Å². The summed E-state index contributed by atoms with van der Waals surface area (Å²) < 4.78 is 27.4. The Morgan fingerprint density at radius 1 is 0.429 bits per heavy atom. The van der Waals surface area contributed by atoms with E-state index in [1.54, 1.807) is 0 Å². The minimum Gasteiger partial charge on any atom is -0.404 e. The average Bonchev–Trinajstić information content (AvgIpc) is 3.44. The molecule has 7 rings (SSSR count). The molecule has 212 valence electrons. The van der Waals surface area contributed by atoms with E-state index in [0.717, 1.165) is 0 Å². The van der Waals surface area contributed by atoms with Crippen molar-refractivity contribution in [1.29, 1.82) is 0 Å². The van der Waals surface area contributed by atoms with Crippen molar-refractivity contribution in [2.24, 2.45) is 0 Å². The molecule has 3 heterocycles. The van der Waals surface area contributed by atoms with Crippen LogP contribution in [0.25, 0.3) is 22.3 Å². The molecule has 0 bridgehead atoms. The van der Waals surface area contributed by atoms with E-state index in [0.29, 0.717) is 0 Å². The first-order valence-corrected chi connectivity index (χ1v) is 15.5. The second-order valence-corrected chi connectivity index (χ2v) is 14.7. The van der Waals surface area contributed by atoms with Gasteiger partial charge >= 0.3 is 14.2 Å². The Morgan fingerprint density at radius 3 is 0.952 bits per heavy atom. The number of rotatable bonds is 4. The van der Waals surface area contributed by atoms with Crippen LogP contribution in [0.15, 0.2) is 84.9 Å². The highest BCUT2D eigenvalue weighted by Gasteiger charge is 2.71. The Morgan fingerprint density at radius 2 is 0.690 bits per heavy atom. The van der Waals surface area contributed by atoms with Crippen molar-refractivity contribution in [1.82, 2.24) is 0 Å². The van der Waals surface area contributed by atoms with Crippen LogP contribution in [0.2, 0.25) is 11.2 Å². The Kier molecular flexibility index (Phi) is 6.40. The molecule has 4 aliphatic carbocycles. The van der Waals surface area contributed by atoms with Crippen LogP contribution in [0.1, 0.15) is 55.4 Å². The van der Waals surface area contributed by atoms with E-state index in [2.05, 4.69) is 140 Å². The van der Waals surface area contributed by atoms with Gasteiger partial charge in [-0.05, 0) is 88.9 Å². The number of hydrogen-bond donors (Lipinski definition) is 0. The Bertz CT molecular complexity index is 1350. The summed E-state index contributed by atoms with van der Waals surface area (Å²) in [6.45, 7) is 17.4. The van der Waals surface area contributed by atoms with Crippen molar-refractivity contribution in [2.45, 2.75) is 89.0 Å². The lowest BCUT2D eigenvalue weighted by Crippen LogP contribution is -2.73. The summed E-state index contributed by atoms with van der Waals surface area (Å²) >= 11 is 0. The van der Waals surface area contributed by atoms with Crippen molar-refractivity contribution in [3.05, 3.63) is 84.9 Å². The first-order valence-electron chi connectivity index (χ1n) is 15.5. The van der Waals surface area contributed by atoms with Gasteiger partial charge in [0.05, 0.1) is 22.4 Å². The molecule has 0 spiro atoms. The predicted molar refractivity (Wildman–Crippen MR) is 177 cm³/mol. The van der Waals surface area contributed by atoms with Crippen molar-refractivity contribution < 1.29 is 18.6 Å². The second kappa shape index (κ2) is 9.50. The molecule has 0 radical (unpaired) electrons. The Hall–Kier alpha value is -2.50. The normalized spacial score (nSPS) is 25.8. The molecular weight excluding hydrogens is 516 g/mol. The summed E-state index contributed by atoms with van der Waals surface area (Å²) in [6.07, 6.45) is 0. The fourth-order valence-corrected chi connectivity index (χ4v) is 7.33. The van der Waals surface area contributed by atoms with Gasteiger partial charge in [-0.25, -0.2) is 0 Å². The average molecular weight is 556 g/mol. The molecule has 3 saturated heterocycles. The van der Waals surface area contributed by atoms with Crippen LogP contribution in [0, 0.1) is 0 Å². The fourth-order valence-electron chi connectivity index (χ4n) is 7.33. The molecule has 0 unspecified atom stereocenters. The van der Waals surface area contributed by atoms with Gasteiger partial charge in [-0.3, -0.25) is 0 Å². The third kappa shape index (κ3) is 4.32. The summed E-state index contributed by atoms with van der Waals surface area (Å²) in [6, 6.07) is 30.8. The van der Waals surface area contributed by atoms with Gasteiger partial charge in [0.15, 0.2) is 13.4 Å². The molecule has 0 amide bonds. The van der Waals surface area contributed by atoms with E-state index >= 15 is 0 Å². The van der Waals surface area contributed by atoms with Gasteiger partial charge in [0, 0.05) is 0 Å². The molecule has 0 atom stereocenters. The smallest absolute Gasteiger partial charge is 0.404 e. The molecule has 42 heavy (non-hydrogen) atoms. The number of hydrogen-bond acceptors (Lipinski definition) is 4. The molecule has 8 heteroatoms. The maximum Gasteiger partial charge on any atom is 0.446 e. The van der Waals surface area contributed by atoms with Gasteiger partial charge in [-0.15, -0.1) is 0 Å². The second-order valence-electron chi connectivity index (χ2n) is 14.7. The van der Waals surface area contributed by atoms with Crippen LogP contribution in [-0.4, -0.2) is 50.1 Å². The van der Waals surface area contributed by atoms with E-state index in [9.17, 15) is 0 Å². The maximum atomic E-state index is 6.84. The molecule has 0 N–H and O–H groups in total. The lowest BCUT2D eigenvalue weighted by molar-refractivity contribution is 0.00578. The standard InChI is InChI=1S/C34H40B4O4/c1-31(2)32(3,4)40-37(39-31)29-35(27-19-23-15-11-9-12-16-24(23)20-27)30(38-41-33(5,6)34(7,8)42-38)36(29)28-21-25-17-13-10-14-18-26(25)22-28/h9-22,29-30H,1-8H3. The fraction of sp³-hybridized carbons (Fsp3) is 0.412. The largest absolute Gasteiger partial charge is 0.446 e. The lowest BCUT2D eigenvalue weighted by Gasteiger charge is -2.49. The highest BCUT2D eigenvalue weighted by Crippen LogP contribution is 2.54. The molecule has 0 aromatic rings. The van der Waals surface area contributed by atoms with Crippen LogP contribution in [0.3, 0.4) is 0 Å². The summed E-state index contributed by atoms with van der Waals surface area (Å²) in [5.41, 5.74) is 6.07. The molecular formula is C34H40B4O4. The van der Waals surface area contributed by atoms with Crippen LogP contribution in [0.4, 0.5) is 0 Å². The van der Waals surface area contributed by atoms with E-state index in [4.69, 9.17) is 18.6 Å². The Balaban J connectivity index is 1.40. The third-order valence-electron chi connectivity index (χ3n) is 11.1. The first kappa shape index (κ1) is 28.3. The Labute approximate surface area is 253 Å². The lowest BCUT2D eigenvalue weighted by atomic mass is 8.87. The highest BCUT2D eigenvalue weighted by atomic mass is 16.7. The predicted octanol–water partition coefficient (Wildman–Crippen LogP) is 6.10. The van der Waals surface area contributed by atoms with Crippen LogP contribution in [0.5, 0.6) is 0 Å².